The predicted octanol–water partition coefficient (Wildman–Crippen LogP) is 3.75. The van der Waals surface area contributed by atoms with Gasteiger partial charge in [0.15, 0.2) is 0 Å². The molecule has 0 fully saturated rings. The second-order valence-electron chi connectivity index (χ2n) is 5.05. The highest BCUT2D eigenvalue weighted by molar-refractivity contribution is 5.81. The van der Waals surface area contributed by atoms with Crippen LogP contribution in [0, 0.1) is 6.92 Å². The summed E-state index contributed by atoms with van der Waals surface area (Å²) in [6.07, 6.45) is 1.89. The molecular weight excluding hydrogens is 248 g/mol. The third-order valence-electron chi connectivity index (χ3n) is 3.37. The van der Waals surface area contributed by atoms with Gasteiger partial charge in [-0.25, -0.2) is 0 Å². The first-order valence-electron chi connectivity index (χ1n) is 6.87. The van der Waals surface area contributed by atoms with Crippen LogP contribution in [0.3, 0.4) is 0 Å². The number of ketones is 1. The summed E-state index contributed by atoms with van der Waals surface area (Å²) in [7, 11) is 1.65. The van der Waals surface area contributed by atoms with Gasteiger partial charge in [-0.2, -0.15) is 0 Å². The molecule has 0 aromatic heterocycles. The van der Waals surface area contributed by atoms with Gasteiger partial charge in [0.25, 0.3) is 0 Å². The minimum Gasteiger partial charge on any atom is -0.497 e. The van der Waals surface area contributed by atoms with Crippen molar-refractivity contribution in [2.24, 2.45) is 0 Å². The van der Waals surface area contributed by atoms with Crippen LogP contribution in [0.1, 0.15) is 23.1 Å². The van der Waals surface area contributed by atoms with Crippen LogP contribution >= 0.6 is 0 Å². The van der Waals surface area contributed by atoms with Crippen molar-refractivity contribution >= 4 is 5.78 Å². The molecule has 0 bridgehead atoms. The molecule has 2 aromatic rings. The van der Waals surface area contributed by atoms with Crippen molar-refractivity contribution in [3.8, 4) is 5.75 Å². The summed E-state index contributed by atoms with van der Waals surface area (Å²) in [6, 6.07) is 16.0. The van der Waals surface area contributed by atoms with Gasteiger partial charge in [0.2, 0.25) is 0 Å². The SMILES string of the molecule is COc1ccc(CCC(=O)Cc2ccc(C)cc2)cc1. The molecule has 2 aromatic carbocycles. The molecule has 2 nitrogen and oxygen atoms in total. The summed E-state index contributed by atoms with van der Waals surface area (Å²) in [5, 5.41) is 0. The molecule has 2 heteroatoms. The lowest BCUT2D eigenvalue weighted by Crippen LogP contribution is -2.04. The van der Waals surface area contributed by atoms with Crippen molar-refractivity contribution in [1.29, 1.82) is 0 Å². The molecule has 0 aliphatic rings. The standard InChI is InChI=1S/C18H20O2/c1-14-3-5-16(6-4-14)13-17(19)10-7-15-8-11-18(20-2)12-9-15/h3-6,8-9,11-12H,7,10,13H2,1-2H3. The topological polar surface area (TPSA) is 26.3 Å². The van der Waals surface area contributed by atoms with E-state index in [-0.39, 0.29) is 5.78 Å². The maximum Gasteiger partial charge on any atom is 0.137 e. The van der Waals surface area contributed by atoms with Gasteiger partial charge in [0.1, 0.15) is 11.5 Å². The number of benzene rings is 2. The molecule has 0 heterocycles. The average Bonchev–Trinajstić information content (AvgIpc) is 2.48. The Kier molecular flexibility index (Phi) is 4.94. The van der Waals surface area contributed by atoms with Gasteiger partial charge in [0.05, 0.1) is 7.11 Å². The average molecular weight is 268 g/mol. The van der Waals surface area contributed by atoms with Crippen LogP contribution < -0.4 is 4.74 Å². The highest BCUT2D eigenvalue weighted by atomic mass is 16.5. The molecular formula is C18H20O2. The first kappa shape index (κ1) is 14.3. The molecule has 20 heavy (non-hydrogen) atoms. The number of ether oxygens (including phenoxy) is 1. The lowest BCUT2D eigenvalue weighted by molar-refractivity contribution is -0.118. The maximum absolute atomic E-state index is 12.0. The van der Waals surface area contributed by atoms with Gasteiger partial charge in [-0.1, -0.05) is 42.0 Å². The first-order chi connectivity index (χ1) is 9.67. The molecule has 0 atom stereocenters. The van der Waals surface area contributed by atoms with Crippen LogP contribution in [0.25, 0.3) is 0 Å². The summed E-state index contributed by atoms with van der Waals surface area (Å²) in [5.74, 6) is 1.13. The summed E-state index contributed by atoms with van der Waals surface area (Å²) >= 11 is 0. The van der Waals surface area contributed by atoms with E-state index >= 15 is 0 Å². The van der Waals surface area contributed by atoms with Gasteiger partial charge < -0.3 is 4.74 Å². The largest absolute Gasteiger partial charge is 0.497 e. The van der Waals surface area contributed by atoms with Crippen LogP contribution in [0.4, 0.5) is 0 Å². The Morgan fingerprint density at radius 2 is 1.55 bits per heavy atom. The molecule has 0 saturated carbocycles. The second kappa shape index (κ2) is 6.90. The Hall–Kier alpha value is -2.09. The van der Waals surface area contributed by atoms with E-state index in [4.69, 9.17) is 4.74 Å². The summed E-state index contributed by atoms with van der Waals surface area (Å²) in [4.78, 5) is 12.0. The van der Waals surface area contributed by atoms with Crippen LogP contribution in [-0.4, -0.2) is 12.9 Å². The Labute approximate surface area is 120 Å². The molecule has 0 N–H and O–H groups in total. The molecule has 0 aliphatic heterocycles. The zero-order chi connectivity index (χ0) is 14.4. The first-order valence-corrected chi connectivity index (χ1v) is 6.87. The van der Waals surface area contributed by atoms with Crippen molar-refractivity contribution in [2.75, 3.05) is 7.11 Å². The van der Waals surface area contributed by atoms with Crippen molar-refractivity contribution < 1.29 is 9.53 Å². The van der Waals surface area contributed by atoms with E-state index in [9.17, 15) is 4.79 Å². The lowest BCUT2D eigenvalue weighted by Gasteiger charge is -2.04. The fourth-order valence-electron chi connectivity index (χ4n) is 2.10. The molecule has 104 valence electrons. The smallest absolute Gasteiger partial charge is 0.137 e. The van der Waals surface area contributed by atoms with E-state index in [0.29, 0.717) is 12.8 Å². The van der Waals surface area contributed by atoms with Gasteiger partial charge in [0, 0.05) is 12.8 Å². The zero-order valence-corrected chi connectivity index (χ0v) is 12.1. The monoisotopic (exact) mass is 268 g/mol. The zero-order valence-electron chi connectivity index (χ0n) is 12.1. The Bertz CT molecular complexity index is 553. The van der Waals surface area contributed by atoms with Crippen molar-refractivity contribution in [3.63, 3.8) is 0 Å². The van der Waals surface area contributed by atoms with Crippen LogP contribution in [0.5, 0.6) is 5.75 Å². The van der Waals surface area contributed by atoms with E-state index in [1.54, 1.807) is 7.11 Å². The Morgan fingerprint density at radius 1 is 0.950 bits per heavy atom. The third kappa shape index (κ3) is 4.23. The Balaban J connectivity index is 1.83. The third-order valence-corrected chi connectivity index (χ3v) is 3.37. The summed E-state index contributed by atoms with van der Waals surface area (Å²) < 4.78 is 5.12. The number of hydrogen-bond acceptors (Lipinski definition) is 2. The molecule has 0 radical (unpaired) electrons. The molecule has 0 amide bonds. The van der Waals surface area contributed by atoms with Crippen LogP contribution in [0.15, 0.2) is 48.5 Å². The van der Waals surface area contributed by atoms with Crippen molar-refractivity contribution in [1.82, 2.24) is 0 Å². The quantitative estimate of drug-likeness (QED) is 0.797. The van der Waals surface area contributed by atoms with Gasteiger partial charge in [-0.3, -0.25) is 4.79 Å². The van der Waals surface area contributed by atoms with Gasteiger partial charge in [-0.05, 0) is 36.6 Å². The van der Waals surface area contributed by atoms with E-state index in [1.807, 2.05) is 48.5 Å². The van der Waals surface area contributed by atoms with E-state index in [0.717, 1.165) is 17.7 Å². The van der Waals surface area contributed by atoms with Crippen molar-refractivity contribution in [3.05, 3.63) is 65.2 Å². The number of methoxy groups -OCH3 is 1. The number of rotatable bonds is 6. The lowest BCUT2D eigenvalue weighted by atomic mass is 10.0. The number of carbonyl (C=O) groups excluding carboxylic acids is 1. The number of hydrogen-bond donors (Lipinski definition) is 0. The minimum atomic E-state index is 0.282. The summed E-state index contributed by atoms with van der Waals surface area (Å²) in [5.41, 5.74) is 3.48. The number of carbonyl (C=O) groups is 1. The highest BCUT2D eigenvalue weighted by Gasteiger charge is 2.04. The fourth-order valence-corrected chi connectivity index (χ4v) is 2.10. The molecule has 0 unspecified atom stereocenters. The van der Waals surface area contributed by atoms with E-state index < -0.39 is 0 Å². The predicted molar refractivity (Wildman–Crippen MR) is 81.2 cm³/mol. The van der Waals surface area contributed by atoms with Crippen LogP contribution in [-0.2, 0) is 17.6 Å². The van der Waals surface area contributed by atoms with Gasteiger partial charge in [-0.15, -0.1) is 0 Å². The highest BCUT2D eigenvalue weighted by Crippen LogP contribution is 2.13. The van der Waals surface area contributed by atoms with Crippen molar-refractivity contribution in [2.45, 2.75) is 26.2 Å². The molecule has 2 rings (SSSR count). The maximum atomic E-state index is 12.0. The van der Waals surface area contributed by atoms with E-state index in [1.165, 1.54) is 11.1 Å². The van der Waals surface area contributed by atoms with E-state index in [2.05, 4.69) is 6.92 Å². The fraction of sp³-hybridized carbons (Fsp3) is 0.278. The Morgan fingerprint density at radius 3 is 2.15 bits per heavy atom. The molecule has 0 spiro atoms. The molecule has 0 aliphatic carbocycles. The number of Topliss-reactive ketones (excluding diaryl/α,β-unsaturated/α-hetero) is 1. The van der Waals surface area contributed by atoms with Gasteiger partial charge >= 0.3 is 0 Å². The normalized spacial score (nSPS) is 10.3. The number of aryl methyl sites for hydroxylation is 2. The summed E-state index contributed by atoms with van der Waals surface area (Å²) in [6.45, 7) is 2.05. The molecule has 0 saturated heterocycles. The second-order valence-corrected chi connectivity index (χ2v) is 5.05. The van der Waals surface area contributed by atoms with Crippen LogP contribution in [0.2, 0.25) is 0 Å². The minimum absolute atomic E-state index is 0.282.